The van der Waals surface area contributed by atoms with Crippen molar-refractivity contribution in [1.82, 2.24) is 14.5 Å². The Bertz CT molecular complexity index is 998. The number of rotatable bonds is 4. The molecule has 7 nitrogen and oxygen atoms in total. The van der Waals surface area contributed by atoms with Crippen molar-refractivity contribution in [1.29, 1.82) is 0 Å². The highest BCUT2D eigenvalue weighted by Gasteiger charge is 2.29. The van der Waals surface area contributed by atoms with Crippen LogP contribution in [0.4, 0.5) is 5.82 Å². The smallest absolute Gasteiger partial charge is 0.243 e. The molecule has 1 fully saturated rings. The largest absolute Gasteiger partial charge is 0.463 e. The second kappa shape index (κ2) is 7.41. The predicted molar refractivity (Wildman–Crippen MR) is 105 cm³/mol. The second-order valence-corrected chi connectivity index (χ2v) is 8.95. The Morgan fingerprint density at radius 2 is 1.67 bits per heavy atom. The van der Waals surface area contributed by atoms with Crippen molar-refractivity contribution >= 4 is 31.8 Å². The monoisotopic (exact) mass is 448 g/mol. The van der Waals surface area contributed by atoms with E-state index in [1.54, 1.807) is 36.6 Å². The summed E-state index contributed by atoms with van der Waals surface area (Å²) in [5.41, 5.74) is 0.667. The number of aromatic nitrogens is 2. The Balaban J connectivity index is 1.43. The van der Waals surface area contributed by atoms with Gasteiger partial charge in [-0.2, -0.15) is 4.31 Å². The lowest BCUT2D eigenvalue weighted by Gasteiger charge is -2.34. The minimum absolute atomic E-state index is 0.307. The molecule has 0 radical (unpaired) electrons. The molecule has 0 spiro atoms. The standard InChI is InChI=1S/C18H17BrN4O3S/c19-14-3-5-15(6-4-14)27(24,25)23-11-9-22(10-12-23)18-8-7-16(20-21-18)17-2-1-13-26-17/h1-8,13H,9-12H2. The van der Waals surface area contributed by atoms with E-state index in [2.05, 4.69) is 26.1 Å². The number of hydrogen-bond acceptors (Lipinski definition) is 6. The van der Waals surface area contributed by atoms with Gasteiger partial charge in [-0.25, -0.2) is 8.42 Å². The van der Waals surface area contributed by atoms with E-state index in [1.807, 2.05) is 23.1 Å². The maximum Gasteiger partial charge on any atom is 0.243 e. The SMILES string of the molecule is O=S(=O)(c1ccc(Br)cc1)N1CCN(c2ccc(-c3ccco3)nn2)CC1. The van der Waals surface area contributed by atoms with Crippen LogP contribution in [0.2, 0.25) is 0 Å². The molecule has 1 aliphatic heterocycles. The van der Waals surface area contributed by atoms with Gasteiger partial charge in [0.2, 0.25) is 10.0 Å². The van der Waals surface area contributed by atoms with Crippen LogP contribution in [0.15, 0.2) is 68.6 Å². The van der Waals surface area contributed by atoms with Gasteiger partial charge < -0.3 is 9.32 Å². The van der Waals surface area contributed by atoms with Crippen LogP contribution in [0.5, 0.6) is 0 Å². The van der Waals surface area contributed by atoms with Crippen LogP contribution in [-0.4, -0.2) is 49.1 Å². The molecule has 4 rings (SSSR count). The van der Waals surface area contributed by atoms with Gasteiger partial charge in [0, 0.05) is 30.7 Å². The summed E-state index contributed by atoms with van der Waals surface area (Å²) < 4.78 is 33.2. The third-order valence-corrected chi connectivity index (χ3v) is 6.88. The molecular weight excluding hydrogens is 432 g/mol. The Hall–Kier alpha value is -2.23. The van der Waals surface area contributed by atoms with Crippen molar-refractivity contribution in [2.24, 2.45) is 0 Å². The van der Waals surface area contributed by atoms with Gasteiger partial charge in [-0.3, -0.25) is 0 Å². The zero-order chi connectivity index (χ0) is 18.9. The fourth-order valence-electron chi connectivity index (χ4n) is 2.96. The van der Waals surface area contributed by atoms with E-state index < -0.39 is 10.0 Å². The number of hydrogen-bond donors (Lipinski definition) is 0. The summed E-state index contributed by atoms with van der Waals surface area (Å²) in [6, 6.07) is 14.1. The van der Waals surface area contributed by atoms with Crippen LogP contribution >= 0.6 is 15.9 Å². The molecule has 1 aliphatic rings. The van der Waals surface area contributed by atoms with Crippen molar-refractivity contribution in [2.75, 3.05) is 31.1 Å². The van der Waals surface area contributed by atoms with E-state index in [9.17, 15) is 8.42 Å². The van der Waals surface area contributed by atoms with Crippen LogP contribution in [0, 0.1) is 0 Å². The van der Waals surface area contributed by atoms with Crippen LogP contribution < -0.4 is 4.90 Å². The first-order valence-corrected chi connectivity index (χ1v) is 10.7. The van der Waals surface area contributed by atoms with E-state index in [0.29, 0.717) is 42.5 Å². The molecule has 9 heteroatoms. The summed E-state index contributed by atoms with van der Waals surface area (Å²) in [4.78, 5) is 2.34. The maximum atomic E-state index is 12.8. The van der Waals surface area contributed by atoms with E-state index in [0.717, 1.165) is 10.3 Å². The topological polar surface area (TPSA) is 79.5 Å². The van der Waals surface area contributed by atoms with Crippen LogP contribution in [0.25, 0.3) is 11.5 Å². The molecule has 2 aromatic heterocycles. The van der Waals surface area contributed by atoms with Gasteiger partial charge in [0.25, 0.3) is 0 Å². The quantitative estimate of drug-likeness (QED) is 0.610. The first-order chi connectivity index (χ1) is 13.0. The summed E-state index contributed by atoms with van der Waals surface area (Å²) in [6.45, 7) is 1.93. The maximum absolute atomic E-state index is 12.8. The molecule has 3 aromatic rings. The molecule has 27 heavy (non-hydrogen) atoms. The van der Waals surface area contributed by atoms with E-state index in [4.69, 9.17) is 4.42 Å². The molecule has 0 bridgehead atoms. The van der Waals surface area contributed by atoms with Gasteiger partial charge >= 0.3 is 0 Å². The van der Waals surface area contributed by atoms with Gasteiger partial charge in [-0.1, -0.05) is 15.9 Å². The van der Waals surface area contributed by atoms with Crippen LogP contribution in [0.3, 0.4) is 0 Å². The molecule has 0 amide bonds. The van der Waals surface area contributed by atoms with Crippen molar-refractivity contribution in [3.05, 3.63) is 59.3 Å². The fraction of sp³-hybridized carbons (Fsp3) is 0.222. The van der Waals surface area contributed by atoms with Gasteiger partial charge in [0.05, 0.1) is 11.2 Å². The molecule has 0 unspecified atom stereocenters. The number of nitrogens with zero attached hydrogens (tertiary/aromatic N) is 4. The number of furan rings is 1. The number of halogens is 1. The minimum Gasteiger partial charge on any atom is -0.463 e. The highest BCUT2D eigenvalue weighted by molar-refractivity contribution is 9.10. The molecule has 1 aromatic carbocycles. The van der Waals surface area contributed by atoms with Gasteiger partial charge in [-0.05, 0) is 48.5 Å². The predicted octanol–water partition coefficient (Wildman–Crippen LogP) is 3.01. The molecule has 140 valence electrons. The average molecular weight is 449 g/mol. The highest BCUT2D eigenvalue weighted by atomic mass is 79.9. The van der Waals surface area contributed by atoms with Crippen molar-refractivity contribution in [3.63, 3.8) is 0 Å². The van der Waals surface area contributed by atoms with Crippen molar-refractivity contribution < 1.29 is 12.8 Å². The first kappa shape index (κ1) is 18.1. The molecular formula is C18H17BrN4O3S. The van der Waals surface area contributed by atoms with E-state index >= 15 is 0 Å². The Morgan fingerprint density at radius 1 is 0.926 bits per heavy atom. The lowest BCUT2D eigenvalue weighted by Crippen LogP contribution is -2.48. The summed E-state index contributed by atoms with van der Waals surface area (Å²) in [6.07, 6.45) is 1.59. The van der Waals surface area contributed by atoms with Crippen molar-refractivity contribution in [3.8, 4) is 11.5 Å². The van der Waals surface area contributed by atoms with Crippen molar-refractivity contribution in [2.45, 2.75) is 4.90 Å². The Kier molecular flexibility index (Phi) is 4.98. The number of benzene rings is 1. The molecule has 0 saturated carbocycles. The number of anilines is 1. The second-order valence-electron chi connectivity index (χ2n) is 6.10. The molecule has 0 aliphatic carbocycles. The Morgan fingerprint density at radius 3 is 2.26 bits per heavy atom. The van der Waals surface area contributed by atoms with Gasteiger partial charge in [0.1, 0.15) is 5.69 Å². The van der Waals surface area contributed by atoms with E-state index in [1.165, 1.54) is 4.31 Å². The summed E-state index contributed by atoms with van der Waals surface area (Å²) >= 11 is 3.33. The normalized spacial score (nSPS) is 15.8. The third kappa shape index (κ3) is 3.76. The van der Waals surface area contributed by atoms with E-state index in [-0.39, 0.29) is 0 Å². The molecule has 3 heterocycles. The molecule has 0 atom stereocenters. The van der Waals surface area contributed by atoms with Gasteiger partial charge in [0.15, 0.2) is 11.6 Å². The Labute approximate surface area is 165 Å². The average Bonchev–Trinajstić information content (AvgIpc) is 3.23. The minimum atomic E-state index is -3.48. The lowest BCUT2D eigenvalue weighted by atomic mass is 10.3. The van der Waals surface area contributed by atoms with Crippen LogP contribution in [0.1, 0.15) is 0 Å². The zero-order valence-corrected chi connectivity index (χ0v) is 16.7. The number of sulfonamides is 1. The third-order valence-electron chi connectivity index (χ3n) is 4.44. The molecule has 0 N–H and O–H groups in total. The van der Waals surface area contributed by atoms with Gasteiger partial charge in [-0.15, -0.1) is 10.2 Å². The summed E-state index contributed by atoms with van der Waals surface area (Å²) in [7, 11) is -3.48. The molecule has 1 saturated heterocycles. The first-order valence-electron chi connectivity index (χ1n) is 8.42. The fourth-order valence-corrected chi connectivity index (χ4v) is 4.65. The highest BCUT2D eigenvalue weighted by Crippen LogP contribution is 2.23. The summed E-state index contributed by atoms with van der Waals surface area (Å²) in [5, 5.41) is 8.45. The number of piperazine rings is 1. The van der Waals surface area contributed by atoms with Crippen LogP contribution in [-0.2, 0) is 10.0 Å². The summed E-state index contributed by atoms with van der Waals surface area (Å²) in [5.74, 6) is 1.39. The lowest BCUT2D eigenvalue weighted by molar-refractivity contribution is 0.383. The zero-order valence-electron chi connectivity index (χ0n) is 14.3.